The molecule has 0 saturated carbocycles. The molecular weight excluding hydrogens is 465 g/mol. The molecule has 1 aromatic carbocycles. The first-order chi connectivity index (χ1) is 15.3. The lowest BCUT2D eigenvalue weighted by Crippen LogP contribution is -2.15. The van der Waals surface area contributed by atoms with Crippen LogP contribution in [-0.4, -0.2) is 26.2 Å². The predicted octanol–water partition coefficient (Wildman–Crippen LogP) is 5.93. The number of rotatable bonds is 6. The molecule has 3 aromatic heterocycles. The molecule has 0 aliphatic rings. The highest BCUT2D eigenvalue weighted by atomic mass is 35.5. The van der Waals surface area contributed by atoms with Gasteiger partial charge in [-0.2, -0.15) is 13.2 Å². The number of anilines is 1. The third-order valence-electron chi connectivity index (χ3n) is 4.22. The van der Waals surface area contributed by atoms with Gasteiger partial charge in [0, 0.05) is 18.1 Å². The molecule has 3 heterocycles. The van der Waals surface area contributed by atoms with E-state index in [-0.39, 0.29) is 22.4 Å². The second-order valence-electron chi connectivity index (χ2n) is 6.49. The molecule has 1 amide bonds. The molecule has 11 heteroatoms. The van der Waals surface area contributed by atoms with E-state index in [1.54, 1.807) is 18.2 Å². The van der Waals surface area contributed by atoms with Gasteiger partial charge in [-0.3, -0.25) is 4.79 Å². The van der Waals surface area contributed by atoms with Crippen LogP contribution in [0.5, 0.6) is 0 Å². The Labute approximate surface area is 189 Å². The van der Waals surface area contributed by atoms with Crippen LogP contribution in [0.25, 0.3) is 17.1 Å². The molecule has 164 valence electrons. The summed E-state index contributed by atoms with van der Waals surface area (Å²) in [6, 6.07) is 12.6. The maximum absolute atomic E-state index is 13.2. The van der Waals surface area contributed by atoms with Crippen LogP contribution in [0.2, 0.25) is 5.02 Å². The molecule has 4 rings (SSSR count). The second kappa shape index (κ2) is 9.09. The van der Waals surface area contributed by atoms with Crippen molar-refractivity contribution in [1.29, 1.82) is 0 Å². The van der Waals surface area contributed by atoms with Gasteiger partial charge in [0.05, 0.1) is 22.7 Å². The molecule has 1 N–H and O–H groups in total. The van der Waals surface area contributed by atoms with Crippen molar-refractivity contribution in [3.8, 4) is 17.1 Å². The lowest BCUT2D eigenvalue weighted by molar-refractivity contribution is -0.141. The summed E-state index contributed by atoms with van der Waals surface area (Å²) in [6.07, 6.45) is 0.335. The Bertz CT molecular complexity index is 1230. The summed E-state index contributed by atoms with van der Waals surface area (Å²) in [4.78, 5) is 19.9. The van der Waals surface area contributed by atoms with Crippen molar-refractivity contribution in [1.82, 2.24) is 14.5 Å². The number of aromatic nitrogens is 3. The minimum Gasteiger partial charge on any atom is -0.463 e. The molecule has 6 nitrogen and oxygen atoms in total. The number of nitrogens with one attached hydrogen (secondary N) is 1. The number of hydrogen-bond acceptors (Lipinski definition) is 5. The van der Waals surface area contributed by atoms with Gasteiger partial charge in [-0.05, 0) is 48.5 Å². The molecule has 0 spiro atoms. The van der Waals surface area contributed by atoms with Crippen LogP contribution in [0.4, 0.5) is 18.9 Å². The monoisotopic (exact) mass is 478 g/mol. The van der Waals surface area contributed by atoms with E-state index in [4.69, 9.17) is 16.0 Å². The third kappa shape index (κ3) is 5.14. The fourth-order valence-corrected chi connectivity index (χ4v) is 3.74. The topological polar surface area (TPSA) is 72.9 Å². The summed E-state index contributed by atoms with van der Waals surface area (Å²) in [5.41, 5.74) is 0.0615. The highest BCUT2D eigenvalue weighted by molar-refractivity contribution is 7.99. The van der Waals surface area contributed by atoms with E-state index >= 15 is 0 Å². The molecule has 0 unspecified atom stereocenters. The Hall–Kier alpha value is -3.24. The maximum Gasteiger partial charge on any atom is 0.433 e. The van der Waals surface area contributed by atoms with E-state index in [2.05, 4.69) is 15.3 Å². The third-order valence-corrected chi connectivity index (χ3v) is 5.37. The normalized spacial score (nSPS) is 11.5. The molecule has 0 atom stereocenters. The van der Waals surface area contributed by atoms with Crippen molar-refractivity contribution >= 4 is 35.0 Å². The van der Waals surface area contributed by atoms with Crippen LogP contribution in [-0.2, 0) is 11.0 Å². The smallest absolute Gasteiger partial charge is 0.433 e. The number of halogens is 4. The van der Waals surface area contributed by atoms with Gasteiger partial charge in [0.25, 0.3) is 0 Å². The quantitative estimate of drug-likeness (QED) is 0.274. The minimum atomic E-state index is -4.67. The number of alkyl halides is 3. The summed E-state index contributed by atoms with van der Waals surface area (Å²) in [5.74, 6) is -0.474. The van der Waals surface area contributed by atoms with E-state index < -0.39 is 17.8 Å². The summed E-state index contributed by atoms with van der Waals surface area (Å²) in [6.45, 7) is 0. The van der Waals surface area contributed by atoms with Crippen LogP contribution in [0, 0.1) is 0 Å². The maximum atomic E-state index is 13.2. The molecule has 0 radical (unpaired) electrons. The van der Waals surface area contributed by atoms with Crippen molar-refractivity contribution in [2.45, 2.75) is 11.3 Å². The van der Waals surface area contributed by atoms with Gasteiger partial charge in [-0.15, -0.1) is 0 Å². The fourth-order valence-electron chi connectivity index (χ4n) is 2.80. The molecular formula is C21H14ClF3N4O2S. The molecule has 32 heavy (non-hydrogen) atoms. The fraction of sp³-hybridized carbons (Fsp3) is 0.0952. The summed E-state index contributed by atoms with van der Waals surface area (Å²) >= 11 is 7.07. The van der Waals surface area contributed by atoms with Gasteiger partial charge < -0.3 is 14.3 Å². The Kier molecular flexibility index (Phi) is 6.24. The van der Waals surface area contributed by atoms with Crippen LogP contribution in [0.1, 0.15) is 5.69 Å². The molecule has 0 fully saturated rings. The number of nitrogens with zero attached hydrogens (tertiary/aromatic N) is 3. The Morgan fingerprint density at radius 3 is 2.56 bits per heavy atom. The SMILES string of the molecule is O=C(CSc1nc(-c2ccco2)cc(C(F)(F)F)n1)Nc1ccc(-n2cccc2)c(Cl)c1. The number of hydrogen-bond donors (Lipinski definition) is 1. The molecule has 0 saturated heterocycles. The van der Waals surface area contributed by atoms with Gasteiger partial charge in [-0.1, -0.05) is 23.4 Å². The minimum absolute atomic E-state index is 0.0207. The van der Waals surface area contributed by atoms with Crippen molar-refractivity contribution in [2.75, 3.05) is 11.1 Å². The molecule has 0 bridgehead atoms. The van der Waals surface area contributed by atoms with E-state index in [9.17, 15) is 18.0 Å². The van der Waals surface area contributed by atoms with E-state index in [1.807, 2.05) is 29.1 Å². The van der Waals surface area contributed by atoms with Gasteiger partial charge in [0.2, 0.25) is 5.91 Å². The van der Waals surface area contributed by atoms with Crippen molar-refractivity contribution in [3.63, 3.8) is 0 Å². The zero-order valence-corrected chi connectivity index (χ0v) is 17.7. The standard InChI is InChI=1S/C21H14ClF3N4O2S/c22-14-10-13(5-6-16(14)29-7-1-2-8-29)26-19(30)12-32-20-27-15(17-4-3-9-31-17)11-18(28-20)21(23,24)25/h1-11H,12H2,(H,26,30). The summed E-state index contributed by atoms with van der Waals surface area (Å²) < 4.78 is 46.6. The summed E-state index contributed by atoms with van der Waals surface area (Å²) in [5, 5.41) is 2.90. The van der Waals surface area contributed by atoms with Crippen LogP contribution < -0.4 is 5.32 Å². The van der Waals surface area contributed by atoms with Gasteiger partial charge in [0.1, 0.15) is 11.4 Å². The van der Waals surface area contributed by atoms with Crippen LogP contribution in [0.3, 0.4) is 0 Å². The highest BCUT2D eigenvalue weighted by Gasteiger charge is 2.34. The Morgan fingerprint density at radius 2 is 1.91 bits per heavy atom. The van der Waals surface area contributed by atoms with Crippen LogP contribution in [0.15, 0.2) is 76.8 Å². The van der Waals surface area contributed by atoms with Gasteiger partial charge >= 0.3 is 6.18 Å². The van der Waals surface area contributed by atoms with Crippen molar-refractivity contribution < 1.29 is 22.4 Å². The largest absolute Gasteiger partial charge is 0.463 e. The average Bonchev–Trinajstić information content (AvgIpc) is 3.46. The number of benzene rings is 1. The first-order valence-corrected chi connectivity index (χ1v) is 10.5. The lowest BCUT2D eigenvalue weighted by atomic mass is 10.2. The van der Waals surface area contributed by atoms with Crippen molar-refractivity contribution in [2.24, 2.45) is 0 Å². The van der Waals surface area contributed by atoms with E-state index in [1.165, 1.54) is 18.4 Å². The zero-order chi connectivity index (χ0) is 22.7. The number of carbonyl (C=O) groups is 1. The lowest BCUT2D eigenvalue weighted by Gasteiger charge is -2.11. The van der Waals surface area contributed by atoms with Gasteiger partial charge in [-0.25, -0.2) is 9.97 Å². The number of thioether (sulfide) groups is 1. The van der Waals surface area contributed by atoms with E-state index in [0.717, 1.165) is 23.5 Å². The molecule has 0 aliphatic heterocycles. The molecule has 0 aliphatic carbocycles. The second-order valence-corrected chi connectivity index (χ2v) is 7.84. The zero-order valence-electron chi connectivity index (χ0n) is 16.1. The van der Waals surface area contributed by atoms with Crippen molar-refractivity contribution in [3.05, 3.63) is 77.9 Å². The van der Waals surface area contributed by atoms with E-state index in [0.29, 0.717) is 10.7 Å². The highest BCUT2D eigenvalue weighted by Crippen LogP contribution is 2.32. The van der Waals surface area contributed by atoms with Gasteiger partial charge in [0.15, 0.2) is 10.9 Å². The first-order valence-electron chi connectivity index (χ1n) is 9.15. The Balaban J connectivity index is 1.46. The number of furan rings is 1. The predicted molar refractivity (Wildman–Crippen MR) is 115 cm³/mol. The Morgan fingerprint density at radius 1 is 1.12 bits per heavy atom. The first kappa shape index (κ1) is 22.0. The average molecular weight is 479 g/mol. The number of amides is 1. The summed E-state index contributed by atoms with van der Waals surface area (Å²) in [7, 11) is 0. The molecule has 4 aromatic rings. The van der Waals surface area contributed by atoms with Crippen LogP contribution >= 0.6 is 23.4 Å². The number of carbonyl (C=O) groups excluding carboxylic acids is 1.